The lowest BCUT2D eigenvalue weighted by molar-refractivity contribution is 0.0362. The topological polar surface area (TPSA) is 58.4 Å². The number of hydrogen-bond donors (Lipinski definition) is 0. The van der Waals surface area contributed by atoms with Crippen LogP contribution in [-0.4, -0.2) is 50.9 Å². The molecule has 1 aromatic heterocycles. The third-order valence-electron chi connectivity index (χ3n) is 6.15. The first-order chi connectivity index (χ1) is 14.9. The predicted molar refractivity (Wildman–Crippen MR) is 118 cm³/mol. The molecule has 7 heteroatoms. The van der Waals surface area contributed by atoms with Crippen molar-refractivity contribution in [3.8, 4) is 0 Å². The van der Waals surface area contributed by atoms with Crippen LogP contribution in [0.2, 0.25) is 0 Å². The Morgan fingerprint density at radius 3 is 2.55 bits per heavy atom. The second-order valence-electron chi connectivity index (χ2n) is 8.12. The summed E-state index contributed by atoms with van der Waals surface area (Å²) in [5, 5.41) is 0.617. The standard InChI is InChI=1S/C24H27FN4O2/c1-4-21(22-26-20-8-6-5-7-19(20)24(31)27(22)3)28-13-14-29(16(2)15-28)23(30)17-9-11-18(25)12-10-17/h5-12,16,21H,4,13-15H2,1-3H3. The van der Waals surface area contributed by atoms with Crippen molar-refractivity contribution in [1.29, 1.82) is 0 Å². The zero-order valence-corrected chi connectivity index (χ0v) is 18.1. The van der Waals surface area contributed by atoms with Gasteiger partial charge in [-0.25, -0.2) is 9.37 Å². The second kappa shape index (κ2) is 8.59. The third kappa shape index (κ3) is 3.97. The van der Waals surface area contributed by atoms with Gasteiger partial charge >= 0.3 is 0 Å². The fourth-order valence-electron chi connectivity index (χ4n) is 4.47. The van der Waals surface area contributed by atoms with Gasteiger partial charge in [0.15, 0.2) is 0 Å². The Kier molecular flexibility index (Phi) is 5.87. The molecule has 162 valence electrons. The van der Waals surface area contributed by atoms with Gasteiger partial charge in [-0.15, -0.1) is 0 Å². The van der Waals surface area contributed by atoms with E-state index in [0.717, 1.165) is 12.2 Å². The largest absolute Gasteiger partial charge is 0.333 e. The summed E-state index contributed by atoms with van der Waals surface area (Å²) in [5.74, 6) is 0.307. The van der Waals surface area contributed by atoms with Crippen molar-refractivity contribution in [1.82, 2.24) is 19.4 Å². The molecule has 0 radical (unpaired) electrons. The Labute approximate surface area is 180 Å². The SMILES string of the molecule is CCC(c1nc2ccccc2c(=O)n1C)N1CCN(C(=O)c2ccc(F)cc2)C(C)C1. The molecule has 4 rings (SSSR count). The highest BCUT2D eigenvalue weighted by molar-refractivity contribution is 5.94. The highest BCUT2D eigenvalue weighted by atomic mass is 19.1. The number of benzene rings is 2. The second-order valence-corrected chi connectivity index (χ2v) is 8.12. The Morgan fingerprint density at radius 1 is 1.16 bits per heavy atom. The summed E-state index contributed by atoms with van der Waals surface area (Å²) in [6.07, 6.45) is 0.803. The van der Waals surface area contributed by atoms with Crippen LogP contribution in [0.3, 0.4) is 0 Å². The minimum Gasteiger partial charge on any atom is -0.333 e. The number of para-hydroxylation sites is 1. The van der Waals surface area contributed by atoms with Crippen LogP contribution in [0, 0.1) is 5.82 Å². The number of fused-ring (bicyclic) bond motifs is 1. The number of nitrogens with zero attached hydrogens (tertiary/aromatic N) is 4. The van der Waals surface area contributed by atoms with Crippen LogP contribution in [0.25, 0.3) is 10.9 Å². The molecular formula is C24H27FN4O2. The summed E-state index contributed by atoms with van der Waals surface area (Å²) >= 11 is 0. The number of aromatic nitrogens is 2. The maximum atomic E-state index is 13.2. The molecule has 2 atom stereocenters. The number of piperazine rings is 1. The van der Waals surface area contributed by atoms with Crippen molar-refractivity contribution in [2.45, 2.75) is 32.4 Å². The third-order valence-corrected chi connectivity index (χ3v) is 6.15. The molecule has 0 bridgehead atoms. The summed E-state index contributed by atoms with van der Waals surface area (Å²) in [6, 6.07) is 13.1. The molecule has 0 spiro atoms. The van der Waals surface area contributed by atoms with E-state index in [9.17, 15) is 14.0 Å². The van der Waals surface area contributed by atoms with Gasteiger partial charge in [0.1, 0.15) is 11.6 Å². The summed E-state index contributed by atoms with van der Waals surface area (Å²) < 4.78 is 14.9. The molecule has 2 aromatic carbocycles. The molecule has 6 nitrogen and oxygen atoms in total. The molecule has 2 unspecified atom stereocenters. The minimum absolute atomic E-state index is 0.0159. The minimum atomic E-state index is -0.353. The first kappa shape index (κ1) is 21.2. The Bertz CT molecular complexity index is 1160. The summed E-state index contributed by atoms with van der Waals surface area (Å²) in [6.45, 7) is 6.03. The van der Waals surface area contributed by atoms with Crippen molar-refractivity contribution < 1.29 is 9.18 Å². The Morgan fingerprint density at radius 2 is 1.87 bits per heavy atom. The van der Waals surface area contributed by atoms with Gasteiger partial charge in [-0.2, -0.15) is 0 Å². The van der Waals surface area contributed by atoms with Crippen molar-refractivity contribution in [2.24, 2.45) is 7.05 Å². The monoisotopic (exact) mass is 422 g/mol. The lowest BCUT2D eigenvalue weighted by Crippen LogP contribution is -2.55. The van der Waals surface area contributed by atoms with Crippen LogP contribution >= 0.6 is 0 Å². The smallest absolute Gasteiger partial charge is 0.261 e. The van der Waals surface area contributed by atoms with Gasteiger partial charge in [0.05, 0.1) is 16.9 Å². The van der Waals surface area contributed by atoms with Crippen LogP contribution in [0.15, 0.2) is 53.3 Å². The highest BCUT2D eigenvalue weighted by Gasteiger charge is 2.33. The average molecular weight is 423 g/mol. The molecule has 1 aliphatic rings. The maximum absolute atomic E-state index is 13.2. The van der Waals surface area contributed by atoms with Crippen LogP contribution in [0.4, 0.5) is 4.39 Å². The fourth-order valence-corrected chi connectivity index (χ4v) is 4.47. The van der Waals surface area contributed by atoms with Crippen molar-refractivity contribution >= 4 is 16.8 Å². The van der Waals surface area contributed by atoms with E-state index in [4.69, 9.17) is 4.98 Å². The number of amides is 1. The molecule has 0 N–H and O–H groups in total. The van der Waals surface area contributed by atoms with E-state index in [-0.39, 0.29) is 29.4 Å². The zero-order chi connectivity index (χ0) is 22.1. The van der Waals surface area contributed by atoms with Crippen molar-refractivity contribution in [2.75, 3.05) is 19.6 Å². The summed E-state index contributed by atoms with van der Waals surface area (Å²) in [5.41, 5.74) is 1.15. The molecule has 0 aliphatic carbocycles. The molecule has 31 heavy (non-hydrogen) atoms. The van der Waals surface area contributed by atoms with Crippen LogP contribution in [-0.2, 0) is 7.05 Å². The quantitative estimate of drug-likeness (QED) is 0.647. The van der Waals surface area contributed by atoms with E-state index in [1.54, 1.807) is 17.7 Å². The average Bonchev–Trinajstić information content (AvgIpc) is 2.78. The van der Waals surface area contributed by atoms with Gasteiger partial charge in [-0.3, -0.25) is 19.1 Å². The van der Waals surface area contributed by atoms with E-state index in [1.807, 2.05) is 30.0 Å². The number of halogens is 1. The van der Waals surface area contributed by atoms with Crippen LogP contribution in [0.5, 0.6) is 0 Å². The number of carbonyl (C=O) groups is 1. The van der Waals surface area contributed by atoms with E-state index < -0.39 is 0 Å². The van der Waals surface area contributed by atoms with E-state index in [2.05, 4.69) is 11.8 Å². The van der Waals surface area contributed by atoms with Crippen LogP contribution in [0.1, 0.15) is 42.5 Å². The van der Waals surface area contributed by atoms with Crippen LogP contribution < -0.4 is 5.56 Å². The normalized spacial score (nSPS) is 18.3. The Balaban J connectivity index is 1.57. The first-order valence-corrected chi connectivity index (χ1v) is 10.7. The van der Waals surface area contributed by atoms with Gasteiger partial charge in [-0.1, -0.05) is 19.1 Å². The van der Waals surface area contributed by atoms with Gasteiger partial charge in [0.25, 0.3) is 11.5 Å². The molecule has 3 aromatic rings. The lowest BCUT2D eigenvalue weighted by atomic mass is 10.1. The van der Waals surface area contributed by atoms with Gasteiger partial charge in [-0.05, 0) is 49.7 Å². The molecule has 1 saturated heterocycles. The van der Waals surface area contributed by atoms with Gasteiger partial charge in [0.2, 0.25) is 0 Å². The van der Waals surface area contributed by atoms with E-state index >= 15 is 0 Å². The fraction of sp³-hybridized carbons (Fsp3) is 0.375. The van der Waals surface area contributed by atoms with Crippen molar-refractivity contribution in [3.05, 3.63) is 76.1 Å². The predicted octanol–water partition coefficient (Wildman–Crippen LogP) is 3.37. The number of rotatable bonds is 4. The van der Waals surface area contributed by atoms with E-state index in [1.165, 1.54) is 24.3 Å². The summed E-state index contributed by atoms with van der Waals surface area (Å²) in [7, 11) is 1.78. The van der Waals surface area contributed by atoms with E-state index in [0.29, 0.717) is 36.1 Å². The molecule has 2 heterocycles. The highest BCUT2D eigenvalue weighted by Crippen LogP contribution is 2.26. The number of hydrogen-bond acceptors (Lipinski definition) is 4. The molecular weight excluding hydrogens is 395 g/mol. The Hall–Kier alpha value is -3.06. The summed E-state index contributed by atoms with van der Waals surface area (Å²) in [4.78, 5) is 34.7. The van der Waals surface area contributed by atoms with Gasteiger partial charge in [0, 0.05) is 38.3 Å². The molecule has 0 saturated carbocycles. The first-order valence-electron chi connectivity index (χ1n) is 10.7. The molecule has 1 fully saturated rings. The molecule has 1 amide bonds. The van der Waals surface area contributed by atoms with Gasteiger partial charge < -0.3 is 4.90 Å². The zero-order valence-electron chi connectivity index (χ0n) is 18.1. The maximum Gasteiger partial charge on any atom is 0.261 e. The van der Waals surface area contributed by atoms with Crippen molar-refractivity contribution in [3.63, 3.8) is 0 Å². The molecule has 1 aliphatic heterocycles. The lowest BCUT2D eigenvalue weighted by Gasteiger charge is -2.43. The number of carbonyl (C=O) groups excluding carboxylic acids is 1.